The van der Waals surface area contributed by atoms with Gasteiger partial charge in [-0.05, 0) is 20.8 Å². The maximum absolute atomic E-state index is 8.12. The molecule has 4 nitrogen and oxygen atoms in total. The average molecular weight is 154 g/mol. The zero-order chi connectivity index (χ0) is 7.49. The molecule has 6 heteroatoms. The number of rotatable bonds is 2. The monoisotopic (exact) mass is 154 g/mol. The Morgan fingerprint density at radius 1 is 1.20 bits per heavy atom. The quantitative estimate of drug-likeness (QED) is 0.330. The lowest BCUT2D eigenvalue weighted by molar-refractivity contribution is -0.296. The van der Waals surface area contributed by atoms with Crippen LogP contribution in [0.25, 0.3) is 0 Å². The van der Waals surface area contributed by atoms with Crippen LogP contribution in [-0.2, 0) is 9.69 Å². The van der Waals surface area contributed by atoms with Crippen molar-refractivity contribution < 1.29 is 24.4 Å². The summed E-state index contributed by atoms with van der Waals surface area (Å²) in [5.41, 5.74) is -0.510. The third-order valence-electron chi connectivity index (χ3n) is 0.384. The maximum Gasteiger partial charge on any atom is 0.662 e. The van der Waals surface area contributed by atoms with E-state index in [9.17, 15) is 0 Å². The zero-order valence-electron chi connectivity index (χ0n) is 6.20. The van der Waals surface area contributed by atoms with E-state index in [1.165, 1.54) is 0 Å². The summed E-state index contributed by atoms with van der Waals surface area (Å²) in [5, 5.41) is 16.2. The predicted octanol–water partition coefficient (Wildman–Crippen LogP) is -0.145. The van der Waals surface area contributed by atoms with Crippen molar-refractivity contribution in [3.63, 3.8) is 0 Å². The van der Waals surface area contributed by atoms with Crippen LogP contribution in [0, 0.1) is 0 Å². The van der Waals surface area contributed by atoms with Crippen LogP contribution in [0.5, 0.6) is 0 Å². The second-order valence-corrected chi connectivity index (χ2v) is 2.62. The molecule has 0 amide bonds. The van der Waals surface area contributed by atoms with E-state index < -0.39 is 12.9 Å². The fourth-order valence-electron chi connectivity index (χ4n) is 0.187. The highest BCUT2D eigenvalue weighted by Crippen LogP contribution is 2.06. The standard InChI is InChI=1S/C4H11BO4.FH/c1-4(2,3)8-9-5(6)7;/h6-7H,1-3H3;1H. The Hall–Kier alpha value is -0.165. The second kappa shape index (κ2) is 4.62. The van der Waals surface area contributed by atoms with Crippen molar-refractivity contribution in [2.75, 3.05) is 0 Å². The molecule has 0 fully saturated rings. The van der Waals surface area contributed by atoms with Gasteiger partial charge in [-0.2, -0.15) is 0 Å². The highest BCUT2D eigenvalue weighted by atomic mass is 19.0. The molecule has 0 atom stereocenters. The molecule has 0 rings (SSSR count). The van der Waals surface area contributed by atoms with E-state index in [2.05, 4.69) is 9.69 Å². The van der Waals surface area contributed by atoms with Gasteiger partial charge >= 0.3 is 7.32 Å². The van der Waals surface area contributed by atoms with Crippen molar-refractivity contribution in [1.29, 1.82) is 0 Å². The molecule has 0 aliphatic heterocycles. The molecule has 0 aromatic rings. The summed E-state index contributed by atoms with van der Waals surface area (Å²) in [5.74, 6) is 0. The van der Waals surface area contributed by atoms with Crippen LogP contribution >= 0.6 is 0 Å². The lowest BCUT2D eigenvalue weighted by Gasteiger charge is -2.16. The van der Waals surface area contributed by atoms with E-state index in [-0.39, 0.29) is 4.70 Å². The van der Waals surface area contributed by atoms with E-state index in [4.69, 9.17) is 10.0 Å². The Balaban J connectivity index is 0. The number of hydrogen-bond donors (Lipinski definition) is 2. The van der Waals surface area contributed by atoms with Gasteiger partial charge in [0.15, 0.2) is 0 Å². The van der Waals surface area contributed by atoms with Crippen LogP contribution in [0.2, 0.25) is 0 Å². The van der Waals surface area contributed by atoms with E-state index in [1.807, 2.05) is 0 Å². The summed E-state index contributed by atoms with van der Waals surface area (Å²) >= 11 is 0. The summed E-state index contributed by atoms with van der Waals surface area (Å²) < 4.78 is 0. The van der Waals surface area contributed by atoms with Crippen molar-refractivity contribution in [2.45, 2.75) is 26.4 Å². The summed E-state index contributed by atoms with van der Waals surface area (Å²) in [6.07, 6.45) is 0. The Labute approximate surface area is 59.2 Å². The Morgan fingerprint density at radius 3 is 1.70 bits per heavy atom. The van der Waals surface area contributed by atoms with Crippen molar-refractivity contribution >= 4 is 7.32 Å². The van der Waals surface area contributed by atoms with E-state index >= 15 is 0 Å². The fraction of sp³-hybridized carbons (Fsp3) is 1.00. The third-order valence-corrected chi connectivity index (χ3v) is 0.384. The molecular formula is C4H12BFO4. The lowest BCUT2D eigenvalue weighted by Crippen LogP contribution is -2.26. The first kappa shape index (κ1) is 12.5. The minimum absolute atomic E-state index is 0. The van der Waals surface area contributed by atoms with Gasteiger partial charge in [0.2, 0.25) is 0 Å². The zero-order valence-corrected chi connectivity index (χ0v) is 6.20. The second-order valence-electron chi connectivity index (χ2n) is 2.62. The van der Waals surface area contributed by atoms with Gasteiger partial charge in [-0.25, -0.2) is 9.69 Å². The van der Waals surface area contributed by atoms with Crippen LogP contribution < -0.4 is 0 Å². The van der Waals surface area contributed by atoms with Crippen molar-refractivity contribution in [2.24, 2.45) is 0 Å². The predicted molar refractivity (Wildman–Crippen MR) is 34.6 cm³/mol. The summed E-state index contributed by atoms with van der Waals surface area (Å²) in [4.78, 5) is 8.51. The van der Waals surface area contributed by atoms with E-state index in [0.29, 0.717) is 0 Å². The fourth-order valence-corrected chi connectivity index (χ4v) is 0.187. The molecule has 0 aliphatic carbocycles. The minimum Gasteiger partial charge on any atom is -0.400 e. The summed E-state index contributed by atoms with van der Waals surface area (Å²) in [7, 11) is -1.86. The number of halogens is 1. The molecule has 0 unspecified atom stereocenters. The highest BCUT2D eigenvalue weighted by Gasteiger charge is 2.17. The Morgan fingerprint density at radius 2 is 1.60 bits per heavy atom. The molecule has 0 radical (unpaired) electrons. The summed E-state index contributed by atoms with van der Waals surface area (Å²) in [6.45, 7) is 5.19. The average Bonchev–Trinajstić information content (AvgIpc) is 1.59. The minimum atomic E-state index is -1.86. The van der Waals surface area contributed by atoms with Gasteiger partial charge in [-0.1, -0.05) is 0 Å². The van der Waals surface area contributed by atoms with Gasteiger partial charge in [0.1, 0.15) is 0 Å². The molecule has 0 aliphatic rings. The maximum atomic E-state index is 8.12. The first-order valence-electron chi connectivity index (χ1n) is 2.62. The molecule has 2 N–H and O–H groups in total. The van der Waals surface area contributed by atoms with Crippen LogP contribution in [0.15, 0.2) is 0 Å². The first-order chi connectivity index (χ1) is 3.92. The van der Waals surface area contributed by atoms with Crippen molar-refractivity contribution in [3.8, 4) is 0 Å². The van der Waals surface area contributed by atoms with Crippen molar-refractivity contribution in [1.82, 2.24) is 0 Å². The molecule has 0 saturated heterocycles. The van der Waals surface area contributed by atoms with Crippen LogP contribution in [0.4, 0.5) is 4.70 Å². The Kier molecular flexibility index (Phi) is 5.78. The largest absolute Gasteiger partial charge is 0.662 e. The van der Waals surface area contributed by atoms with Gasteiger partial charge in [0.25, 0.3) is 0 Å². The molecule has 0 aromatic heterocycles. The lowest BCUT2D eigenvalue weighted by atomic mass is 10.2. The van der Waals surface area contributed by atoms with Gasteiger partial charge in [0.05, 0.1) is 5.60 Å². The van der Waals surface area contributed by atoms with E-state index in [0.717, 1.165) is 0 Å². The van der Waals surface area contributed by atoms with Crippen LogP contribution in [0.3, 0.4) is 0 Å². The topological polar surface area (TPSA) is 58.9 Å². The SMILES string of the molecule is CC(C)(C)OOB(O)O.F. The molecule has 0 spiro atoms. The van der Waals surface area contributed by atoms with Gasteiger partial charge in [-0.15, -0.1) is 0 Å². The van der Waals surface area contributed by atoms with Gasteiger partial charge in [-0.3, -0.25) is 4.70 Å². The number of hydrogen-bond acceptors (Lipinski definition) is 4. The molecule has 0 saturated carbocycles. The molecule has 62 valence electrons. The molecule has 0 bridgehead atoms. The molecular weight excluding hydrogens is 142 g/mol. The van der Waals surface area contributed by atoms with Crippen LogP contribution in [0.1, 0.15) is 20.8 Å². The molecule has 10 heavy (non-hydrogen) atoms. The van der Waals surface area contributed by atoms with Crippen LogP contribution in [-0.4, -0.2) is 23.0 Å². The van der Waals surface area contributed by atoms with E-state index in [1.54, 1.807) is 20.8 Å². The molecule has 0 aromatic carbocycles. The van der Waals surface area contributed by atoms with Crippen molar-refractivity contribution in [3.05, 3.63) is 0 Å². The smallest absolute Gasteiger partial charge is 0.400 e. The first-order valence-corrected chi connectivity index (χ1v) is 2.62. The Bertz CT molecular complexity index is 81.8. The van der Waals surface area contributed by atoms with Gasteiger partial charge in [0, 0.05) is 0 Å². The summed E-state index contributed by atoms with van der Waals surface area (Å²) in [6, 6.07) is 0. The highest BCUT2D eigenvalue weighted by molar-refractivity contribution is 6.32. The molecule has 0 heterocycles. The van der Waals surface area contributed by atoms with Gasteiger partial charge < -0.3 is 10.0 Å². The normalized spacial score (nSPS) is 10.5. The third kappa shape index (κ3) is 10.8.